The van der Waals surface area contributed by atoms with Crippen LogP contribution in [-0.4, -0.2) is 26.5 Å². The Kier molecular flexibility index (Phi) is 4.95. The van der Waals surface area contributed by atoms with E-state index < -0.39 is 15.3 Å². The SMILES string of the molecule is C=CC[C@H](C)[C@H](C)S(=O)(=O)N[C@H]1CCCO1. The van der Waals surface area contributed by atoms with Gasteiger partial charge in [0.15, 0.2) is 0 Å². The second-order valence-corrected chi connectivity index (χ2v) is 6.44. The van der Waals surface area contributed by atoms with Gasteiger partial charge in [-0.15, -0.1) is 6.58 Å². The van der Waals surface area contributed by atoms with Crippen molar-refractivity contribution in [2.45, 2.75) is 44.6 Å². The highest BCUT2D eigenvalue weighted by molar-refractivity contribution is 7.90. The van der Waals surface area contributed by atoms with Crippen LogP contribution >= 0.6 is 0 Å². The maximum atomic E-state index is 12.0. The maximum Gasteiger partial charge on any atom is 0.216 e. The van der Waals surface area contributed by atoms with E-state index in [9.17, 15) is 8.42 Å². The highest BCUT2D eigenvalue weighted by atomic mass is 32.2. The Labute approximate surface area is 98.1 Å². The zero-order valence-electron chi connectivity index (χ0n) is 9.98. The second-order valence-electron chi connectivity index (χ2n) is 4.37. The number of hydrogen-bond donors (Lipinski definition) is 1. The summed E-state index contributed by atoms with van der Waals surface area (Å²) in [6.07, 6.45) is 3.81. The summed E-state index contributed by atoms with van der Waals surface area (Å²) in [5, 5.41) is -0.422. The minimum atomic E-state index is -3.29. The first-order valence-corrected chi connectivity index (χ1v) is 7.25. The second kappa shape index (κ2) is 5.80. The first-order chi connectivity index (χ1) is 7.47. The largest absolute Gasteiger partial charge is 0.362 e. The van der Waals surface area contributed by atoms with Crippen molar-refractivity contribution in [2.75, 3.05) is 6.61 Å². The number of hydrogen-bond acceptors (Lipinski definition) is 3. The lowest BCUT2D eigenvalue weighted by Crippen LogP contribution is -2.41. The lowest BCUT2D eigenvalue weighted by Gasteiger charge is -2.21. The zero-order valence-corrected chi connectivity index (χ0v) is 10.8. The minimum absolute atomic E-state index is 0.0661. The van der Waals surface area contributed by atoms with Crippen molar-refractivity contribution >= 4 is 10.0 Å². The van der Waals surface area contributed by atoms with Crippen LogP contribution in [-0.2, 0) is 14.8 Å². The van der Waals surface area contributed by atoms with Gasteiger partial charge in [0.1, 0.15) is 6.23 Å². The van der Waals surface area contributed by atoms with E-state index in [0.29, 0.717) is 13.0 Å². The lowest BCUT2D eigenvalue weighted by molar-refractivity contribution is 0.102. The fourth-order valence-corrected chi connectivity index (χ4v) is 3.21. The predicted octanol–water partition coefficient (Wildman–Crippen LogP) is 1.64. The van der Waals surface area contributed by atoms with Crippen LogP contribution in [0.4, 0.5) is 0 Å². The Bertz CT molecular complexity index is 320. The molecule has 0 radical (unpaired) electrons. The molecule has 3 atom stereocenters. The van der Waals surface area contributed by atoms with Crippen LogP contribution in [0, 0.1) is 5.92 Å². The molecular formula is C11H21NO3S. The number of ether oxygens (including phenoxy) is 1. The average molecular weight is 247 g/mol. The molecule has 0 aromatic heterocycles. The number of allylic oxidation sites excluding steroid dienone is 1. The Morgan fingerprint density at radius 2 is 2.25 bits per heavy atom. The number of rotatable bonds is 6. The summed E-state index contributed by atoms with van der Waals surface area (Å²) in [6.45, 7) is 7.92. The van der Waals surface area contributed by atoms with Crippen LogP contribution in [0.2, 0.25) is 0 Å². The molecule has 4 nitrogen and oxygen atoms in total. The van der Waals surface area contributed by atoms with E-state index in [0.717, 1.165) is 12.8 Å². The Morgan fingerprint density at radius 1 is 1.56 bits per heavy atom. The van der Waals surface area contributed by atoms with Gasteiger partial charge < -0.3 is 4.74 Å². The lowest BCUT2D eigenvalue weighted by atomic mass is 10.1. The first kappa shape index (κ1) is 13.7. The quantitative estimate of drug-likeness (QED) is 0.726. The monoisotopic (exact) mass is 247 g/mol. The van der Waals surface area contributed by atoms with Gasteiger partial charge in [-0.1, -0.05) is 13.0 Å². The molecule has 1 fully saturated rings. The molecular weight excluding hydrogens is 226 g/mol. The van der Waals surface area contributed by atoms with Crippen molar-refractivity contribution in [3.63, 3.8) is 0 Å². The average Bonchev–Trinajstić information content (AvgIpc) is 2.68. The van der Waals surface area contributed by atoms with E-state index in [2.05, 4.69) is 11.3 Å². The fourth-order valence-electron chi connectivity index (χ4n) is 1.72. The summed E-state index contributed by atoms with van der Waals surface area (Å²) in [5.41, 5.74) is 0. The summed E-state index contributed by atoms with van der Waals surface area (Å²) in [6, 6.07) is 0. The summed E-state index contributed by atoms with van der Waals surface area (Å²) >= 11 is 0. The van der Waals surface area contributed by atoms with Gasteiger partial charge in [-0.05, 0) is 32.1 Å². The van der Waals surface area contributed by atoms with Crippen molar-refractivity contribution in [1.29, 1.82) is 0 Å². The van der Waals surface area contributed by atoms with E-state index in [1.54, 1.807) is 13.0 Å². The molecule has 0 unspecified atom stereocenters. The van der Waals surface area contributed by atoms with Crippen molar-refractivity contribution in [3.8, 4) is 0 Å². The third kappa shape index (κ3) is 3.57. The third-order valence-electron chi connectivity index (χ3n) is 3.05. The molecule has 5 heteroatoms. The van der Waals surface area contributed by atoms with E-state index in [1.807, 2.05) is 6.92 Å². The Hall–Kier alpha value is -0.390. The molecule has 1 aliphatic heterocycles. The van der Waals surface area contributed by atoms with Gasteiger partial charge in [-0.25, -0.2) is 8.42 Å². The first-order valence-electron chi connectivity index (χ1n) is 5.71. The van der Waals surface area contributed by atoms with Crippen LogP contribution in [0.5, 0.6) is 0 Å². The van der Waals surface area contributed by atoms with Crippen LogP contribution in [0.15, 0.2) is 12.7 Å². The smallest absolute Gasteiger partial charge is 0.216 e. The maximum absolute atomic E-state index is 12.0. The van der Waals surface area contributed by atoms with Crippen molar-refractivity contribution in [3.05, 3.63) is 12.7 Å². The molecule has 0 amide bonds. The Balaban J connectivity index is 2.57. The van der Waals surface area contributed by atoms with E-state index in [4.69, 9.17) is 4.74 Å². The van der Waals surface area contributed by atoms with Crippen LogP contribution in [0.25, 0.3) is 0 Å². The standard InChI is InChI=1S/C11H21NO3S/c1-4-6-9(2)10(3)16(13,14)12-11-7-5-8-15-11/h4,9-12H,1,5-8H2,2-3H3/t9-,10-,11+/m0/s1. The van der Waals surface area contributed by atoms with E-state index in [-0.39, 0.29) is 12.1 Å². The molecule has 1 saturated heterocycles. The van der Waals surface area contributed by atoms with E-state index >= 15 is 0 Å². The molecule has 0 saturated carbocycles. The summed E-state index contributed by atoms with van der Waals surface area (Å²) < 4.78 is 31.8. The van der Waals surface area contributed by atoms with Gasteiger partial charge in [-0.3, -0.25) is 0 Å². The topological polar surface area (TPSA) is 55.4 Å². The van der Waals surface area contributed by atoms with Gasteiger partial charge in [-0.2, -0.15) is 4.72 Å². The highest BCUT2D eigenvalue weighted by Gasteiger charge is 2.29. The van der Waals surface area contributed by atoms with Gasteiger partial charge in [0.25, 0.3) is 0 Å². The predicted molar refractivity (Wildman–Crippen MR) is 64.5 cm³/mol. The summed E-state index contributed by atoms with van der Waals surface area (Å²) in [7, 11) is -3.29. The molecule has 1 aliphatic rings. The third-order valence-corrected chi connectivity index (χ3v) is 5.09. The molecule has 94 valence electrons. The molecule has 16 heavy (non-hydrogen) atoms. The molecule has 1 rings (SSSR count). The van der Waals surface area contributed by atoms with Gasteiger partial charge in [0.2, 0.25) is 10.0 Å². The molecule has 1 N–H and O–H groups in total. The number of sulfonamides is 1. The molecule has 0 aromatic carbocycles. The van der Waals surface area contributed by atoms with Crippen molar-refractivity contribution < 1.29 is 13.2 Å². The normalized spacial score (nSPS) is 25.2. The highest BCUT2D eigenvalue weighted by Crippen LogP contribution is 2.18. The van der Waals surface area contributed by atoms with E-state index in [1.165, 1.54) is 0 Å². The van der Waals surface area contributed by atoms with Gasteiger partial charge in [0.05, 0.1) is 5.25 Å². The van der Waals surface area contributed by atoms with Gasteiger partial charge >= 0.3 is 0 Å². The van der Waals surface area contributed by atoms with Gasteiger partial charge in [0, 0.05) is 6.61 Å². The summed E-state index contributed by atoms with van der Waals surface area (Å²) in [5.74, 6) is 0.0661. The summed E-state index contributed by atoms with van der Waals surface area (Å²) in [4.78, 5) is 0. The fraction of sp³-hybridized carbons (Fsp3) is 0.818. The molecule has 0 aromatic rings. The van der Waals surface area contributed by atoms with Crippen LogP contribution in [0.3, 0.4) is 0 Å². The molecule has 0 spiro atoms. The zero-order chi connectivity index (χ0) is 12.2. The molecule has 1 heterocycles. The van der Waals surface area contributed by atoms with Crippen LogP contribution in [0.1, 0.15) is 33.1 Å². The molecule has 0 bridgehead atoms. The van der Waals surface area contributed by atoms with Crippen LogP contribution < -0.4 is 4.72 Å². The Morgan fingerprint density at radius 3 is 2.75 bits per heavy atom. The van der Waals surface area contributed by atoms with Crippen molar-refractivity contribution in [2.24, 2.45) is 5.92 Å². The molecule has 0 aliphatic carbocycles. The minimum Gasteiger partial charge on any atom is -0.362 e. The number of nitrogens with one attached hydrogen (secondary N) is 1. The van der Waals surface area contributed by atoms with Crippen molar-refractivity contribution in [1.82, 2.24) is 4.72 Å².